The summed E-state index contributed by atoms with van der Waals surface area (Å²) >= 11 is 0. The van der Waals surface area contributed by atoms with Crippen molar-refractivity contribution >= 4 is 0 Å². The van der Waals surface area contributed by atoms with Gasteiger partial charge in [-0.3, -0.25) is 0 Å². The summed E-state index contributed by atoms with van der Waals surface area (Å²) in [7, 11) is 0. The van der Waals surface area contributed by atoms with Crippen molar-refractivity contribution in [1.29, 1.82) is 0 Å². The quantitative estimate of drug-likeness (QED) is 0.563. The van der Waals surface area contributed by atoms with Gasteiger partial charge in [-0.1, -0.05) is 23.8 Å². The number of rotatable bonds is 1. The minimum absolute atomic E-state index is 0.180. The first-order chi connectivity index (χ1) is 4.43. The van der Waals surface area contributed by atoms with Gasteiger partial charge >= 0.3 is 0 Å². The van der Waals surface area contributed by atoms with Crippen LogP contribution in [0.3, 0.4) is 0 Å². The van der Waals surface area contributed by atoms with E-state index in [0.717, 1.165) is 6.42 Å². The molecule has 50 valence electrons. The molecule has 1 aliphatic carbocycles. The summed E-state index contributed by atoms with van der Waals surface area (Å²) < 4.78 is 0. The molecule has 0 saturated heterocycles. The van der Waals surface area contributed by atoms with Gasteiger partial charge in [0.05, 0.1) is 6.61 Å². The molecule has 9 heavy (non-hydrogen) atoms. The van der Waals surface area contributed by atoms with Crippen LogP contribution in [0.2, 0.25) is 0 Å². The fourth-order valence-corrected chi connectivity index (χ4v) is 1.03. The predicted octanol–water partition coefficient (Wildman–Crippen LogP) is 1.65. The molecule has 0 aromatic rings. The first kappa shape index (κ1) is 6.56. The van der Waals surface area contributed by atoms with Crippen LogP contribution in [-0.2, 0) is 0 Å². The fraction of sp³-hybridized carbons (Fsp3) is 0.500. The number of hydrogen-bond donors (Lipinski definition) is 1. The third-order valence-electron chi connectivity index (χ3n) is 1.52. The number of allylic oxidation sites excluding steroid dienone is 3. The maximum atomic E-state index is 8.51. The van der Waals surface area contributed by atoms with Crippen LogP contribution in [-0.4, -0.2) is 11.7 Å². The third kappa shape index (κ3) is 2.02. The smallest absolute Gasteiger partial charge is 0.0618 e. The van der Waals surface area contributed by atoms with Gasteiger partial charge < -0.3 is 5.11 Å². The van der Waals surface area contributed by atoms with Crippen LogP contribution in [0.25, 0.3) is 0 Å². The molecule has 0 spiro atoms. The Morgan fingerprint density at radius 2 is 2.56 bits per heavy atom. The van der Waals surface area contributed by atoms with Crippen molar-refractivity contribution in [2.24, 2.45) is 0 Å². The number of aliphatic hydroxyl groups excluding tert-OH is 1. The first-order valence-electron chi connectivity index (χ1n) is 3.40. The van der Waals surface area contributed by atoms with E-state index in [1.165, 1.54) is 18.4 Å². The Kier molecular flexibility index (Phi) is 2.52. The summed E-state index contributed by atoms with van der Waals surface area (Å²) in [4.78, 5) is 0. The summed E-state index contributed by atoms with van der Waals surface area (Å²) in [5.74, 6) is 0. The zero-order valence-corrected chi connectivity index (χ0v) is 5.51. The summed E-state index contributed by atoms with van der Waals surface area (Å²) in [5, 5.41) is 8.51. The lowest BCUT2D eigenvalue weighted by Crippen LogP contribution is -1.87. The zero-order chi connectivity index (χ0) is 6.53. The summed E-state index contributed by atoms with van der Waals surface area (Å²) in [6.45, 7) is 0.180. The van der Waals surface area contributed by atoms with Crippen LogP contribution in [0, 0.1) is 0 Å². The SMILES string of the molecule is OCC=C1C=CCCC1. The van der Waals surface area contributed by atoms with E-state index >= 15 is 0 Å². The molecule has 0 unspecified atom stereocenters. The Balaban J connectivity index is 2.49. The molecule has 0 radical (unpaired) electrons. The molecule has 0 aromatic heterocycles. The molecule has 0 aliphatic heterocycles. The molecular weight excluding hydrogens is 112 g/mol. The van der Waals surface area contributed by atoms with E-state index in [-0.39, 0.29) is 6.61 Å². The topological polar surface area (TPSA) is 20.2 Å². The van der Waals surface area contributed by atoms with E-state index in [4.69, 9.17) is 5.11 Å². The summed E-state index contributed by atoms with van der Waals surface area (Å²) in [5.41, 5.74) is 1.28. The van der Waals surface area contributed by atoms with Crippen molar-refractivity contribution < 1.29 is 5.11 Å². The van der Waals surface area contributed by atoms with Gasteiger partial charge in [0.2, 0.25) is 0 Å². The van der Waals surface area contributed by atoms with Gasteiger partial charge in [-0.15, -0.1) is 0 Å². The summed E-state index contributed by atoms with van der Waals surface area (Å²) in [6, 6.07) is 0. The van der Waals surface area contributed by atoms with Crippen molar-refractivity contribution in [3.05, 3.63) is 23.8 Å². The standard InChI is InChI=1S/C8H12O/c9-7-6-8-4-2-1-3-5-8/h2,4,6,9H,1,3,5,7H2. The Morgan fingerprint density at radius 1 is 1.67 bits per heavy atom. The van der Waals surface area contributed by atoms with Crippen LogP contribution in [0.15, 0.2) is 23.8 Å². The maximum absolute atomic E-state index is 8.51. The van der Waals surface area contributed by atoms with E-state index in [0.29, 0.717) is 0 Å². The maximum Gasteiger partial charge on any atom is 0.0618 e. The third-order valence-corrected chi connectivity index (χ3v) is 1.52. The molecule has 0 bridgehead atoms. The zero-order valence-electron chi connectivity index (χ0n) is 5.51. The highest BCUT2D eigenvalue weighted by molar-refractivity contribution is 5.20. The van der Waals surface area contributed by atoms with Crippen molar-refractivity contribution in [2.45, 2.75) is 19.3 Å². The van der Waals surface area contributed by atoms with Gasteiger partial charge in [0.25, 0.3) is 0 Å². The molecule has 1 nitrogen and oxygen atoms in total. The average Bonchev–Trinajstić information content (AvgIpc) is 1.91. The normalized spacial score (nSPS) is 23.0. The second-order valence-corrected chi connectivity index (χ2v) is 2.26. The Labute approximate surface area is 55.7 Å². The molecule has 0 fully saturated rings. The average molecular weight is 124 g/mol. The van der Waals surface area contributed by atoms with E-state index in [2.05, 4.69) is 12.2 Å². The second kappa shape index (κ2) is 3.46. The molecule has 1 rings (SSSR count). The molecular formula is C8H12O. The highest BCUT2D eigenvalue weighted by Gasteiger charge is 1.96. The van der Waals surface area contributed by atoms with E-state index in [1.807, 2.05) is 6.08 Å². The van der Waals surface area contributed by atoms with E-state index in [1.54, 1.807) is 0 Å². The van der Waals surface area contributed by atoms with Gasteiger partial charge in [0.15, 0.2) is 0 Å². The predicted molar refractivity (Wildman–Crippen MR) is 38.2 cm³/mol. The Bertz CT molecular complexity index is 134. The van der Waals surface area contributed by atoms with Gasteiger partial charge in [-0.2, -0.15) is 0 Å². The highest BCUT2D eigenvalue weighted by Crippen LogP contribution is 2.14. The van der Waals surface area contributed by atoms with Crippen molar-refractivity contribution in [2.75, 3.05) is 6.61 Å². The van der Waals surface area contributed by atoms with Crippen molar-refractivity contribution in [1.82, 2.24) is 0 Å². The minimum Gasteiger partial charge on any atom is -0.392 e. The van der Waals surface area contributed by atoms with Crippen LogP contribution >= 0.6 is 0 Å². The molecule has 1 heteroatoms. The van der Waals surface area contributed by atoms with E-state index < -0.39 is 0 Å². The lowest BCUT2D eigenvalue weighted by atomic mass is 10.0. The van der Waals surface area contributed by atoms with Crippen LogP contribution in [0.1, 0.15) is 19.3 Å². The lowest BCUT2D eigenvalue weighted by Gasteiger charge is -2.04. The molecule has 0 aromatic carbocycles. The largest absolute Gasteiger partial charge is 0.392 e. The minimum atomic E-state index is 0.180. The van der Waals surface area contributed by atoms with E-state index in [9.17, 15) is 0 Å². The Morgan fingerprint density at radius 3 is 3.11 bits per heavy atom. The van der Waals surface area contributed by atoms with Crippen LogP contribution in [0.4, 0.5) is 0 Å². The molecule has 0 heterocycles. The first-order valence-corrected chi connectivity index (χ1v) is 3.40. The van der Waals surface area contributed by atoms with Gasteiger partial charge in [-0.25, -0.2) is 0 Å². The molecule has 0 atom stereocenters. The van der Waals surface area contributed by atoms with Crippen LogP contribution < -0.4 is 0 Å². The van der Waals surface area contributed by atoms with Crippen LogP contribution in [0.5, 0.6) is 0 Å². The second-order valence-electron chi connectivity index (χ2n) is 2.26. The summed E-state index contributed by atoms with van der Waals surface area (Å²) in [6.07, 6.45) is 9.70. The fourth-order valence-electron chi connectivity index (χ4n) is 1.03. The van der Waals surface area contributed by atoms with Gasteiger partial charge in [-0.05, 0) is 19.3 Å². The molecule has 0 saturated carbocycles. The highest BCUT2D eigenvalue weighted by atomic mass is 16.2. The molecule has 1 aliphatic rings. The monoisotopic (exact) mass is 124 g/mol. The lowest BCUT2D eigenvalue weighted by molar-refractivity contribution is 0.341. The molecule has 0 amide bonds. The van der Waals surface area contributed by atoms with Gasteiger partial charge in [0, 0.05) is 0 Å². The van der Waals surface area contributed by atoms with Gasteiger partial charge in [0.1, 0.15) is 0 Å². The number of aliphatic hydroxyl groups is 1. The van der Waals surface area contributed by atoms with Crippen molar-refractivity contribution in [3.63, 3.8) is 0 Å². The number of hydrogen-bond acceptors (Lipinski definition) is 1. The van der Waals surface area contributed by atoms with Crippen molar-refractivity contribution in [3.8, 4) is 0 Å². The molecule has 1 N–H and O–H groups in total. The Hall–Kier alpha value is -0.560.